The fourth-order valence-corrected chi connectivity index (χ4v) is 3.45. The molecular formula is C21H22F2N4O4. The Hall–Kier alpha value is -3.56. The molecule has 10 heteroatoms. The first-order chi connectivity index (χ1) is 14.9. The lowest BCUT2D eigenvalue weighted by Crippen LogP contribution is -2.49. The minimum atomic E-state index is -0.940. The van der Waals surface area contributed by atoms with Gasteiger partial charge in [0, 0.05) is 51.3 Å². The minimum absolute atomic E-state index is 0.0376. The van der Waals surface area contributed by atoms with Crippen LogP contribution in [0.4, 0.5) is 20.2 Å². The highest BCUT2D eigenvalue weighted by Gasteiger charge is 2.25. The van der Waals surface area contributed by atoms with Crippen LogP contribution in [0, 0.1) is 21.7 Å². The average molecular weight is 432 g/mol. The second-order valence-corrected chi connectivity index (χ2v) is 7.10. The van der Waals surface area contributed by atoms with Crippen molar-refractivity contribution in [2.45, 2.75) is 12.8 Å². The van der Waals surface area contributed by atoms with Crippen molar-refractivity contribution in [3.63, 3.8) is 0 Å². The molecule has 1 fully saturated rings. The van der Waals surface area contributed by atoms with E-state index in [1.807, 2.05) is 4.90 Å². The monoisotopic (exact) mass is 432 g/mol. The molecule has 0 atom stereocenters. The van der Waals surface area contributed by atoms with Gasteiger partial charge < -0.3 is 15.1 Å². The summed E-state index contributed by atoms with van der Waals surface area (Å²) < 4.78 is 26.5. The van der Waals surface area contributed by atoms with Crippen LogP contribution in [0.2, 0.25) is 0 Å². The van der Waals surface area contributed by atoms with Crippen LogP contribution in [0.3, 0.4) is 0 Å². The van der Waals surface area contributed by atoms with E-state index >= 15 is 0 Å². The molecule has 1 N–H and O–H groups in total. The van der Waals surface area contributed by atoms with E-state index in [4.69, 9.17) is 0 Å². The molecular weight excluding hydrogens is 410 g/mol. The third kappa shape index (κ3) is 5.53. The summed E-state index contributed by atoms with van der Waals surface area (Å²) >= 11 is 0. The van der Waals surface area contributed by atoms with Crippen molar-refractivity contribution in [1.29, 1.82) is 0 Å². The number of benzene rings is 2. The molecule has 3 rings (SSSR count). The van der Waals surface area contributed by atoms with Gasteiger partial charge in [-0.2, -0.15) is 0 Å². The number of carbonyl (C=O) groups is 2. The molecule has 0 aromatic heterocycles. The van der Waals surface area contributed by atoms with Gasteiger partial charge in [0.25, 0.3) is 11.6 Å². The van der Waals surface area contributed by atoms with Gasteiger partial charge >= 0.3 is 0 Å². The van der Waals surface area contributed by atoms with E-state index in [0.717, 1.165) is 12.1 Å². The number of rotatable bonds is 7. The Morgan fingerprint density at radius 3 is 2.45 bits per heavy atom. The molecule has 1 aliphatic heterocycles. The number of halogens is 2. The van der Waals surface area contributed by atoms with E-state index in [1.165, 1.54) is 6.07 Å². The Morgan fingerprint density at radius 2 is 1.77 bits per heavy atom. The van der Waals surface area contributed by atoms with Crippen molar-refractivity contribution < 1.29 is 23.3 Å². The van der Waals surface area contributed by atoms with Crippen molar-refractivity contribution in [3.8, 4) is 0 Å². The highest BCUT2D eigenvalue weighted by atomic mass is 19.1. The first kappa shape index (κ1) is 22.1. The second-order valence-electron chi connectivity index (χ2n) is 7.10. The van der Waals surface area contributed by atoms with Gasteiger partial charge in [-0.3, -0.25) is 19.7 Å². The molecule has 1 heterocycles. The van der Waals surface area contributed by atoms with Crippen LogP contribution in [0.25, 0.3) is 0 Å². The largest absolute Gasteiger partial charge is 0.362 e. The number of anilines is 1. The summed E-state index contributed by atoms with van der Waals surface area (Å²) in [6, 6.07) is 9.23. The first-order valence-corrected chi connectivity index (χ1v) is 9.86. The number of nitrogens with one attached hydrogen (secondary N) is 1. The van der Waals surface area contributed by atoms with Crippen LogP contribution in [-0.4, -0.2) is 54.4 Å². The van der Waals surface area contributed by atoms with Crippen LogP contribution in [-0.2, 0) is 4.79 Å². The van der Waals surface area contributed by atoms with E-state index in [2.05, 4.69) is 5.32 Å². The highest BCUT2D eigenvalue weighted by Crippen LogP contribution is 2.28. The van der Waals surface area contributed by atoms with Gasteiger partial charge in [-0.1, -0.05) is 12.1 Å². The van der Waals surface area contributed by atoms with Crippen molar-refractivity contribution >= 4 is 23.2 Å². The zero-order valence-electron chi connectivity index (χ0n) is 16.7. The number of para-hydroxylation sites is 2. The Morgan fingerprint density at radius 1 is 1.06 bits per heavy atom. The van der Waals surface area contributed by atoms with E-state index in [1.54, 1.807) is 23.1 Å². The minimum Gasteiger partial charge on any atom is -0.362 e. The molecule has 0 spiro atoms. The van der Waals surface area contributed by atoms with E-state index in [-0.39, 0.29) is 30.1 Å². The fourth-order valence-electron chi connectivity index (χ4n) is 3.45. The summed E-state index contributed by atoms with van der Waals surface area (Å²) in [5.74, 6) is -2.45. The number of hydrogen-bond acceptors (Lipinski definition) is 5. The highest BCUT2D eigenvalue weighted by molar-refractivity contribution is 5.94. The molecule has 0 radical (unpaired) electrons. The fraction of sp³-hybridized carbons (Fsp3) is 0.333. The number of hydrogen-bond donors (Lipinski definition) is 1. The van der Waals surface area contributed by atoms with Gasteiger partial charge in [0.05, 0.1) is 10.5 Å². The van der Waals surface area contributed by atoms with Gasteiger partial charge in [0.2, 0.25) is 5.91 Å². The molecule has 1 saturated heterocycles. The predicted molar refractivity (Wildman–Crippen MR) is 110 cm³/mol. The predicted octanol–water partition coefficient (Wildman–Crippen LogP) is 2.73. The molecule has 0 aliphatic carbocycles. The van der Waals surface area contributed by atoms with Gasteiger partial charge in [-0.15, -0.1) is 0 Å². The lowest BCUT2D eigenvalue weighted by Gasteiger charge is -2.35. The quantitative estimate of drug-likeness (QED) is 0.412. The Balaban J connectivity index is 1.42. The second kappa shape index (κ2) is 9.96. The Bertz CT molecular complexity index is 978. The summed E-state index contributed by atoms with van der Waals surface area (Å²) in [6.45, 7) is 2.03. The first-order valence-electron chi connectivity index (χ1n) is 9.86. The molecule has 8 nitrogen and oxygen atoms in total. The molecule has 164 valence electrons. The van der Waals surface area contributed by atoms with Crippen molar-refractivity contribution in [3.05, 3.63) is 69.8 Å². The zero-order valence-corrected chi connectivity index (χ0v) is 16.7. The molecule has 2 aromatic carbocycles. The number of nitro groups is 1. The molecule has 2 aromatic rings. The standard InChI is InChI=1S/C21H22F2N4O4/c22-15-7-8-16(17(23)14-15)21(29)24-9-3-6-20(28)26-12-10-25(11-13-26)18-4-1-2-5-19(18)27(30)31/h1-2,4-5,7-8,14H,3,6,9-13H2,(H,24,29). The van der Waals surface area contributed by atoms with Crippen molar-refractivity contribution in [2.24, 2.45) is 0 Å². The number of piperazine rings is 1. The van der Waals surface area contributed by atoms with Crippen LogP contribution in [0.1, 0.15) is 23.2 Å². The lowest BCUT2D eigenvalue weighted by molar-refractivity contribution is -0.384. The van der Waals surface area contributed by atoms with Crippen LogP contribution < -0.4 is 10.2 Å². The van der Waals surface area contributed by atoms with E-state index < -0.39 is 22.5 Å². The Labute approximate surface area is 177 Å². The molecule has 31 heavy (non-hydrogen) atoms. The SMILES string of the molecule is O=C(NCCCC(=O)N1CCN(c2ccccc2[N+](=O)[O-])CC1)c1ccc(F)cc1F. The lowest BCUT2D eigenvalue weighted by atomic mass is 10.2. The summed E-state index contributed by atoms with van der Waals surface area (Å²) in [6.07, 6.45) is 0.579. The maximum atomic E-state index is 13.6. The summed E-state index contributed by atoms with van der Waals surface area (Å²) in [7, 11) is 0. The van der Waals surface area contributed by atoms with Crippen LogP contribution in [0.15, 0.2) is 42.5 Å². The molecule has 2 amide bonds. The number of nitrogens with zero attached hydrogens (tertiary/aromatic N) is 3. The van der Waals surface area contributed by atoms with Crippen LogP contribution >= 0.6 is 0 Å². The van der Waals surface area contributed by atoms with Gasteiger partial charge in [0.1, 0.15) is 17.3 Å². The summed E-state index contributed by atoms with van der Waals surface area (Å²) in [5, 5.41) is 13.7. The number of nitro benzene ring substituents is 1. The van der Waals surface area contributed by atoms with Crippen molar-refractivity contribution in [2.75, 3.05) is 37.6 Å². The Kier molecular flexibility index (Phi) is 7.11. The molecule has 0 unspecified atom stereocenters. The van der Waals surface area contributed by atoms with Gasteiger partial charge in [-0.05, 0) is 24.6 Å². The smallest absolute Gasteiger partial charge is 0.292 e. The van der Waals surface area contributed by atoms with Gasteiger partial charge in [-0.25, -0.2) is 8.78 Å². The number of carbonyl (C=O) groups excluding carboxylic acids is 2. The maximum Gasteiger partial charge on any atom is 0.292 e. The van der Waals surface area contributed by atoms with E-state index in [0.29, 0.717) is 44.4 Å². The average Bonchev–Trinajstić information content (AvgIpc) is 2.76. The van der Waals surface area contributed by atoms with Gasteiger partial charge in [0.15, 0.2) is 0 Å². The van der Waals surface area contributed by atoms with Crippen molar-refractivity contribution in [1.82, 2.24) is 10.2 Å². The maximum absolute atomic E-state index is 13.6. The third-order valence-corrected chi connectivity index (χ3v) is 5.08. The topological polar surface area (TPSA) is 95.8 Å². The third-order valence-electron chi connectivity index (χ3n) is 5.08. The zero-order chi connectivity index (χ0) is 22.4. The molecule has 1 aliphatic rings. The molecule has 0 bridgehead atoms. The molecule has 0 saturated carbocycles. The summed E-state index contributed by atoms with van der Waals surface area (Å²) in [4.78, 5) is 38.7. The summed E-state index contributed by atoms with van der Waals surface area (Å²) in [5.41, 5.74) is 0.324. The number of amides is 2. The van der Waals surface area contributed by atoms with E-state index in [9.17, 15) is 28.5 Å². The normalized spacial score (nSPS) is 13.7. The van der Waals surface area contributed by atoms with Crippen LogP contribution in [0.5, 0.6) is 0 Å².